The van der Waals surface area contributed by atoms with E-state index in [1.165, 1.54) is 12.1 Å². The van der Waals surface area contributed by atoms with E-state index in [2.05, 4.69) is 0 Å². The Balaban J connectivity index is 2.25. The van der Waals surface area contributed by atoms with Gasteiger partial charge in [-0.2, -0.15) is 0 Å². The van der Waals surface area contributed by atoms with Crippen molar-refractivity contribution in [1.29, 1.82) is 0 Å². The third kappa shape index (κ3) is 3.56. The van der Waals surface area contributed by atoms with Gasteiger partial charge in [0.2, 0.25) is 0 Å². The first-order chi connectivity index (χ1) is 9.01. The topological polar surface area (TPSA) is 54.4 Å². The summed E-state index contributed by atoms with van der Waals surface area (Å²) in [4.78, 5) is 0.214. The van der Waals surface area contributed by atoms with Gasteiger partial charge in [0.15, 0.2) is 9.84 Å². The lowest BCUT2D eigenvalue weighted by Gasteiger charge is -2.06. The van der Waals surface area contributed by atoms with Gasteiger partial charge in [0.25, 0.3) is 0 Å². The number of aliphatic hydroxyl groups excluding tert-OH is 1. The Morgan fingerprint density at radius 1 is 1.00 bits per heavy atom. The molecule has 0 aliphatic rings. The van der Waals surface area contributed by atoms with Crippen LogP contribution in [-0.2, 0) is 22.2 Å². The van der Waals surface area contributed by atoms with Gasteiger partial charge < -0.3 is 5.11 Å². The van der Waals surface area contributed by atoms with Crippen LogP contribution in [0.2, 0.25) is 5.02 Å². The highest BCUT2D eigenvalue weighted by atomic mass is 35.5. The van der Waals surface area contributed by atoms with Crippen molar-refractivity contribution in [3.05, 3.63) is 64.7 Å². The Bertz CT molecular complexity index is 663. The van der Waals surface area contributed by atoms with Gasteiger partial charge in [0.1, 0.15) is 0 Å². The van der Waals surface area contributed by atoms with Gasteiger partial charge in [0.05, 0.1) is 17.3 Å². The van der Waals surface area contributed by atoms with E-state index in [1.807, 2.05) is 0 Å². The van der Waals surface area contributed by atoms with E-state index >= 15 is 0 Å². The van der Waals surface area contributed by atoms with Crippen molar-refractivity contribution in [2.75, 3.05) is 0 Å². The number of aliphatic hydroxyl groups is 1. The molecule has 0 amide bonds. The Kier molecular flexibility index (Phi) is 4.24. The second-order valence-electron chi connectivity index (χ2n) is 4.19. The minimum Gasteiger partial charge on any atom is -0.392 e. The van der Waals surface area contributed by atoms with Crippen LogP contribution in [0.4, 0.5) is 0 Å². The lowest BCUT2D eigenvalue weighted by atomic mass is 10.2. The van der Waals surface area contributed by atoms with Crippen LogP contribution in [0.1, 0.15) is 11.1 Å². The van der Waals surface area contributed by atoms with Crippen LogP contribution in [0.3, 0.4) is 0 Å². The van der Waals surface area contributed by atoms with Crippen LogP contribution in [-0.4, -0.2) is 13.5 Å². The molecule has 5 heteroatoms. The summed E-state index contributed by atoms with van der Waals surface area (Å²) in [5.41, 5.74) is 1.43. The molecular weight excluding hydrogens is 284 g/mol. The molecule has 0 fully saturated rings. The van der Waals surface area contributed by atoms with Crippen LogP contribution in [0, 0.1) is 0 Å². The van der Waals surface area contributed by atoms with Crippen molar-refractivity contribution >= 4 is 21.4 Å². The lowest BCUT2D eigenvalue weighted by Crippen LogP contribution is -2.05. The number of sulfone groups is 1. The Morgan fingerprint density at radius 2 is 1.63 bits per heavy atom. The fourth-order valence-corrected chi connectivity index (χ4v) is 3.35. The van der Waals surface area contributed by atoms with Crippen molar-refractivity contribution in [2.45, 2.75) is 17.3 Å². The maximum Gasteiger partial charge on any atom is 0.182 e. The van der Waals surface area contributed by atoms with E-state index in [-0.39, 0.29) is 17.3 Å². The Hall–Kier alpha value is -1.36. The molecule has 19 heavy (non-hydrogen) atoms. The zero-order chi connectivity index (χ0) is 13.9. The summed E-state index contributed by atoms with van der Waals surface area (Å²) in [7, 11) is -3.40. The van der Waals surface area contributed by atoms with E-state index in [9.17, 15) is 8.42 Å². The van der Waals surface area contributed by atoms with Gasteiger partial charge in [-0.05, 0) is 29.3 Å². The second kappa shape index (κ2) is 5.74. The van der Waals surface area contributed by atoms with E-state index in [0.29, 0.717) is 10.6 Å². The molecule has 2 rings (SSSR count). The van der Waals surface area contributed by atoms with Crippen LogP contribution in [0.25, 0.3) is 0 Å². The van der Waals surface area contributed by atoms with Crippen molar-refractivity contribution in [1.82, 2.24) is 0 Å². The van der Waals surface area contributed by atoms with Crippen molar-refractivity contribution in [2.24, 2.45) is 0 Å². The number of benzene rings is 2. The van der Waals surface area contributed by atoms with Gasteiger partial charge in [-0.15, -0.1) is 0 Å². The highest BCUT2D eigenvalue weighted by molar-refractivity contribution is 7.90. The molecule has 0 atom stereocenters. The molecule has 2 aromatic carbocycles. The third-order valence-electron chi connectivity index (χ3n) is 2.72. The molecule has 0 radical (unpaired) electrons. The summed E-state index contributed by atoms with van der Waals surface area (Å²) in [5, 5.41) is 9.34. The first-order valence-corrected chi connectivity index (χ1v) is 7.71. The first kappa shape index (κ1) is 14.1. The number of hydrogen-bond acceptors (Lipinski definition) is 3. The summed E-state index contributed by atoms with van der Waals surface area (Å²) in [6, 6.07) is 13.1. The molecule has 0 heterocycles. The predicted octanol–water partition coefficient (Wildman–Crippen LogP) is 2.81. The monoisotopic (exact) mass is 296 g/mol. The van der Waals surface area contributed by atoms with E-state index in [0.717, 1.165) is 5.56 Å². The summed E-state index contributed by atoms with van der Waals surface area (Å²) in [6.45, 7) is -0.0542. The van der Waals surface area contributed by atoms with E-state index in [1.54, 1.807) is 36.4 Å². The zero-order valence-corrected chi connectivity index (χ0v) is 11.7. The van der Waals surface area contributed by atoms with Crippen molar-refractivity contribution in [3.8, 4) is 0 Å². The molecule has 0 saturated heterocycles. The van der Waals surface area contributed by atoms with Crippen molar-refractivity contribution < 1.29 is 13.5 Å². The molecule has 1 N–H and O–H groups in total. The molecule has 3 nitrogen and oxygen atoms in total. The molecule has 0 bridgehead atoms. The number of rotatable bonds is 4. The summed E-state index contributed by atoms with van der Waals surface area (Å²) in [5.74, 6) is -0.0843. The largest absolute Gasteiger partial charge is 0.392 e. The van der Waals surface area contributed by atoms with Crippen LogP contribution < -0.4 is 0 Å². The molecule has 0 unspecified atom stereocenters. The number of hydrogen-bond donors (Lipinski definition) is 1. The predicted molar refractivity (Wildman–Crippen MR) is 74.7 cm³/mol. The molecule has 0 saturated carbocycles. The highest BCUT2D eigenvalue weighted by Crippen LogP contribution is 2.20. The van der Waals surface area contributed by atoms with E-state index in [4.69, 9.17) is 16.7 Å². The first-order valence-electron chi connectivity index (χ1n) is 5.68. The molecule has 0 aliphatic carbocycles. The van der Waals surface area contributed by atoms with Crippen LogP contribution >= 0.6 is 11.6 Å². The highest BCUT2D eigenvalue weighted by Gasteiger charge is 2.15. The van der Waals surface area contributed by atoms with Gasteiger partial charge in [-0.3, -0.25) is 0 Å². The molecule has 2 aromatic rings. The molecule has 0 aliphatic heterocycles. The van der Waals surface area contributed by atoms with Gasteiger partial charge in [0, 0.05) is 5.02 Å². The zero-order valence-electron chi connectivity index (χ0n) is 10.1. The van der Waals surface area contributed by atoms with Crippen molar-refractivity contribution in [3.63, 3.8) is 0 Å². The second-order valence-corrected chi connectivity index (χ2v) is 6.62. The summed E-state index contributed by atoms with van der Waals surface area (Å²) >= 11 is 5.80. The quantitative estimate of drug-likeness (QED) is 0.944. The average molecular weight is 297 g/mol. The van der Waals surface area contributed by atoms with Crippen LogP contribution in [0.15, 0.2) is 53.4 Å². The van der Waals surface area contributed by atoms with Crippen LogP contribution in [0.5, 0.6) is 0 Å². The van der Waals surface area contributed by atoms with Gasteiger partial charge >= 0.3 is 0 Å². The van der Waals surface area contributed by atoms with Gasteiger partial charge in [-0.1, -0.05) is 41.9 Å². The molecule has 100 valence electrons. The Labute approximate surface area is 117 Å². The minimum absolute atomic E-state index is 0.0542. The standard InChI is InChI=1S/C14H13ClO3S/c15-13-2-1-3-14(8-13)19(17,18)10-12-6-4-11(9-16)5-7-12/h1-8,16H,9-10H2. The number of halogens is 1. The van der Waals surface area contributed by atoms with E-state index < -0.39 is 9.84 Å². The fraction of sp³-hybridized carbons (Fsp3) is 0.143. The maximum absolute atomic E-state index is 12.2. The molecule has 0 aromatic heterocycles. The molecular formula is C14H13ClO3S. The normalized spacial score (nSPS) is 11.5. The minimum atomic E-state index is -3.40. The fourth-order valence-electron chi connectivity index (χ4n) is 1.70. The summed E-state index contributed by atoms with van der Waals surface area (Å²) in [6.07, 6.45) is 0. The lowest BCUT2D eigenvalue weighted by molar-refractivity contribution is 0.282. The maximum atomic E-state index is 12.2. The SMILES string of the molecule is O=S(=O)(Cc1ccc(CO)cc1)c1cccc(Cl)c1. The van der Waals surface area contributed by atoms with Gasteiger partial charge in [-0.25, -0.2) is 8.42 Å². The molecule has 0 spiro atoms. The average Bonchev–Trinajstić information content (AvgIpc) is 2.39. The third-order valence-corrected chi connectivity index (χ3v) is 4.64. The smallest absolute Gasteiger partial charge is 0.182 e. The Morgan fingerprint density at radius 3 is 2.21 bits per heavy atom. The summed E-state index contributed by atoms with van der Waals surface area (Å²) < 4.78 is 24.4.